The number of likely N-dealkylation sites (tertiary alicyclic amines) is 1. The summed E-state index contributed by atoms with van der Waals surface area (Å²) in [5, 5.41) is 12.5. The minimum Gasteiger partial charge on any atom is -0.496 e. The van der Waals surface area contributed by atoms with Crippen LogP contribution in [0.1, 0.15) is 36.0 Å². The number of hydrogen-bond donors (Lipinski definition) is 1. The van der Waals surface area contributed by atoms with Crippen LogP contribution in [0.15, 0.2) is 51.7 Å². The summed E-state index contributed by atoms with van der Waals surface area (Å²) in [4.78, 5) is 26.3. The molecule has 1 aliphatic heterocycles. The zero-order valence-electron chi connectivity index (χ0n) is 18.2. The van der Waals surface area contributed by atoms with E-state index in [9.17, 15) is 14.7 Å². The lowest BCUT2D eigenvalue weighted by molar-refractivity contribution is -0.135. The fourth-order valence-corrected chi connectivity index (χ4v) is 4.48. The Kier molecular flexibility index (Phi) is 6.26. The number of hydrogen-bond acceptors (Lipinski definition) is 5. The number of nitrogens with zero attached hydrogens (tertiary/aromatic N) is 1. The standard InChI is InChI=1S/C25H26ClNO5/c1-16-13-24(29)32-22-15-21(31-2)17(14-20(16)22)3-8-23(28)27-11-9-25(30,10-12-27)18-4-6-19(26)7-5-18/h4-7,13-15,30H,3,8-12H2,1-2H3. The highest BCUT2D eigenvalue weighted by molar-refractivity contribution is 6.30. The quantitative estimate of drug-likeness (QED) is 0.583. The minimum atomic E-state index is -0.940. The number of fused-ring (bicyclic) bond motifs is 1. The molecule has 1 saturated heterocycles. The van der Waals surface area contributed by atoms with Crippen molar-refractivity contribution in [1.29, 1.82) is 0 Å². The van der Waals surface area contributed by atoms with Crippen molar-refractivity contribution in [2.24, 2.45) is 0 Å². The smallest absolute Gasteiger partial charge is 0.336 e. The van der Waals surface area contributed by atoms with Gasteiger partial charge in [-0.1, -0.05) is 23.7 Å². The molecule has 1 aliphatic rings. The molecule has 0 spiro atoms. The topological polar surface area (TPSA) is 80.0 Å². The van der Waals surface area contributed by atoms with E-state index >= 15 is 0 Å². The van der Waals surface area contributed by atoms with Crippen LogP contribution >= 0.6 is 11.6 Å². The first-order valence-electron chi connectivity index (χ1n) is 10.7. The summed E-state index contributed by atoms with van der Waals surface area (Å²) in [5.41, 5.74) is 1.67. The highest BCUT2D eigenvalue weighted by atomic mass is 35.5. The molecular formula is C25H26ClNO5. The first-order chi connectivity index (χ1) is 15.3. The average Bonchev–Trinajstić information content (AvgIpc) is 2.77. The van der Waals surface area contributed by atoms with E-state index in [0.29, 0.717) is 55.1 Å². The van der Waals surface area contributed by atoms with Crippen LogP contribution in [0, 0.1) is 6.92 Å². The molecule has 2 heterocycles. The van der Waals surface area contributed by atoms with Crippen molar-refractivity contribution in [3.8, 4) is 5.75 Å². The van der Waals surface area contributed by atoms with Crippen LogP contribution in [0.25, 0.3) is 11.0 Å². The van der Waals surface area contributed by atoms with Gasteiger partial charge in [0.1, 0.15) is 11.3 Å². The van der Waals surface area contributed by atoms with Crippen LogP contribution in [-0.2, 0) is 16.8 Å². The lowest BCUT2D eigenvalue weighted by atomic mass is 9.84. The molecule has 1 amide bonds. The summed E-state index contributed by atoms with van der Waals surface area (Å²) in [6.07, 6.45) is 1.81. The fraction of sp³-hybridized carbons (Fsp3) is 0.360. The monoisotopic (exact) mass is 455 g/mol. The van der Waals surface area contributed by atoms with Gasteiger partial charge in [-0.15, -0.1) is 0 Å². The predicted molar refractivity (Wildman–Crippen MR) is 123 cm³/mol. The van der Waals surface area contributed by atoms with Crippen LogP contribution in [0.3, 0.4) is 0 Å². The first kappa shape index (κ1) is 22.4. The number of methoxy groups -OCH3 is 1. The van der Waals surface area contributed by atoms with Crippen LogP contribution in [0.5, 0.6) is 5.75 Å². The second kappa shape index (κ2) is 8.96. The number of aryl methyl sites for hydroxylation is 2. The Morgan fingerprint density at radius 3 is 2.53 bits per heavy atom. The Morgan fingerprint density at radius 2 is 1.88 bits per heavy atom. The van der Waals surface area contributed by atoms with Gasteiger partial charge in [0.25, 0.3) is 0 Å². The van der Waals surface area contributed by atoms with E-state index in [2.05, 4.69) is 0 Å². The number of amides is 1. The largest absolute Gasteiger partial charge is 0.496 e. The van der Waals surface area contributed by atoms with Gasteiger partial charge in [0.2, 0.25) is 5.91 Å². The fourth-order valence-electron chi connectivity index (χ4n) is 4.35. The molecule has 32 heavy (non-hydrogen) atoms. The van der Waals surface area contributed by atoms with Crippen LogP contribution in [0.2, 0.25) is 5.02 Å². The number of carbonyl (C=O) groups is 1. The van der Waals surface area contributed by atoms with Gasteiger partial charge in [-0.2, -0.15) is 0 Å². The lowest BCUT2D eigenvalue weighted by Gasteiger charge is -2.38. The van der Waals surface area contributed by atoms with E-state index in [0.717, 1.165) is 22.1 Å². The lowest BCUT2D eigenvalue weighted by Crippen LogP contribution is -2.45. The normalized spacial score (nSPS) is 15.7. The molecule has 0 unspecified atom stereocenters. The first-order valence-corrected chi connectivity index (χ1v) is 11.0. The molecule has 0 radical (unpaired) electrons. The molecule has 1 aromatic heterocycles. The maximum absolute atomic E-state index is 12.9. The van der Waals surface area contributed by atoms with Crippen LogP contribution < -0.4 is 10.4 Å². The molecular weight excluding hydrogens is 430 g/mol. The summed E-state index contributed by atoms with van der Waals surface area (Å²) >= 11 is 5.95. The van der Waals surface area contributed by atoms with Crippen molar-refractivity contribution in [1.82, 2.24) is 4.90 Å². The Labute approximate surface area is 191 Å². The number of carbonyl (C=O) groups excluding carboxylic acids is 1. The summed E-state index contributed by atoms with van der Waals surface area (Å²) in [7, 11) is 1.56. The van der Waals surface area contributed by atoms with Crippen LogP contribution in [-0.4, -0.2) is 36.1 Å². The molecule has 168 valence electrons. The SMILES string of the molecule is COc1cc2oc(=O)cc(C)c2cc1CCC(=O)N1CCC(O)(c2ccc(Cl)cc2)CC1. The van der Waals surface area contributed by atoms with Crippen molar-refractivity contribution in [3.63, 3.8) is 0 Å². The number of benzene rings is 2. The molecule has 0 saturated carbocycles. The molecule has 0 aliphatic carbocycles. The van der Waals surface area contributed by atoms with Gasteiger partial charge < -0.3 is 19.2 Å². The molecule has 2 aromatic carbocycles. The van der Waals surface area contributed by atoms with E-state index < -0.39 is 11.2 Å². The van der Waals surface area contributed by atoms with Gasteiger partial charge in [0.15, 0.2) is 0 Å². The van der Waals surface area contributed by atoms with Gasteiger partial charge in [0.05, 0.1) is 12.7 Å². The van der Waals surface area contributed by atoms with Crippen molar-refractivity contribution < 1.29 is 19.1 Å². The van der Waals surface area contributed by atoms with Gasteiger partial charge in [-0.3, -0.25) is 4.79 Å². The number of halogens is 1. The van der Waals surface area contributed by atoms with Gasteiger partial charge >= 0.3 is 5.63 Å². The molecule has 4 rings (SSSR count). The maximum atomic E-state index is 12.9. The van der Waals surface area contributed by atoms with E-state index in [1.54, 1.807) is 25.3 Å². The van der Waals surface area contributed by atoms with Gasteiger partial charge in [0, 0.05) is 42.1 Å². The molecule has 6 nitrogen and oxygen atoms in total. The zero-order valence-corrected chi connectivity index (χ0v) is 18.9. The third kappa shape index (κ3) is 4.52. The summed E-state index contributed by atoms with van der Waals surface area (Å²) in [6.45, 7) is 2.85. The third-order valence-corrected chi connectivity index (χ3v) is 6.54. The zero-order chi connectivity index (χ0) is 22.9. The number of ether oxygens (including phenoxy) is 1. The minimum absolute atomic E-state index is 0.0432. The van der Waals surface area contributed by atoms with E-state index in [1.807, 2.05) is 30.0 Å². The average molecular weight is 456 g/mol. The Hall–Kier alpha value is -2.83. The van der Waals surface area contributed by atoms with Crippen molar-refractivity contribution in [3.05, 3.63) is 74.6 Å². The molecule has 3 aromatic rings. The highest BCUT2D eigenvalue weighted by Crippen LogP contribution is 2.34. The molecule has 7 heteroatoms. The number of piperidine rings is 1. The van der Waals surface area contributed by atoms with Crippen molar-refractivity contribution in [2.75, 3.05) is 20.2 Å². The summed E-state index contributed by atoms with van der Waals surface area (Å²) in [6, 6.07) is 12.3. The van der Waals surface area contributed by atoms with Crippen LogP contribution in [0.4, 0.5) is 0 Å². The Morgan fingerprint density at radius 1 is 1.19 bits per heavy atom. The second-order valence-electron chi connectivity index (χ2n) is 8.33. The maximum Gasteiger partial charge on any atom is 0.336 e. The third-order valence-electron chi connectivity index (χ3n) is 6.29. The molecule has 1 fully saturated rings. The van der Waals surface area contributed by atoms with Crippen molar-refractivity contribution in [2.45, 2.75) is 38.2 Å². The summed E-state index contributed by atoms with van der Waals surface area (Å²) < 4.78 is 10.7. The Bertz CT molecular complexity index is 1190. The molecule has 0 bridgehead atoms. The molecule has 1 N–H and O–H groups in total. The van der Waals surface area contributed by atoms with E-state index in [-0.39, 0.29) is 5.91 Å². The van der Waals surface area contributed by atoms with E-state index in [1.165, 1.54) is 6.07 Å². The predicted octanol–water partition coefficient (Wildman–Crippen LogP) is 4.21. The summed E-state index contributed by atoms with van der Waals surface area (Å²) in [5.74, 6) is 0.636. The molecule has 0 atom stereocenters. The second-order valence-corrected chi connectivity index (χ2v) is 8.76. The highest BCUT2D eigenvalue weighted by Gasteiger charge is 2.35. The number of aliphatic hydroxyl groups is 1. The van der Waals surface area contributed by atoms with Gasteiger partial charge in [-0.25, -0.2) is 4.79 Å². The number of rotatable bonds is 5. The van der Waals surface area contributed by atoms with E-state index in [4.69, 9.17) is 20.8 Å². The van der Waals surface area contributed by atoms with Gasteiger partial charge in [-0.05, 0) is 61.1 Å². The van der Waals surface area contributed by atoms with Crippen molar-refractivity contribution >= 4 is 28.5 Å². The Balaban J connectivity index is 1.42.